The van der Waals surface area contributed by atoms with E-state index in [0.29, 0.717) is 13.1 Å². The molecule has 1 aromatic heterocycles. The van der Waals surface area contributed by atoms with Crippen molar-refractivity contribution in [2.45, 2.75) is 31.3 Å². The van der Waals surface area contributed by atoms with Crippen molar-refractivity contribution < 1.29 is 13.2 Å². The van der Waals surface area contributed by atoms with Crippen LogP contribution >= 0.6 is 22.9 Å². The van der Waals surface area contributed by atoms with Gasteiger partial charge in [0, 0.05) is 43.6 Å². The van der Waals surface area contributed by atoms with Crippen LogP contribution < -0.4 is 4.72 Å². The summed E-state index contributed by atoms with van der Waals surface area (Å²) in [5.41, 5.74) is 0.222. The molecule has 2 heterocycles. The molecule has 3 rings (SSSR count). The first-order chi connectivity index (χ1) is 13.3. The lowest BCUT2D eigenvalue weighted by molar-refractivity contribution is 0.0629. The van der Waals surface area contributed by atoms with E-state index in [-0.39, 0.29) is 27.4 Å². The molecule has 152 valence electrons. The van der Waals surface area contributed by atoms with E-state index in [1.54, 1.807) is 30.1 Å². The highest BCUT2D eigenvalue weighted by molar-refractivity contribution is 7.89. The minimum Gasteiger partial charge on any atom is -0.336 e. The van der Waals surface area contributed by atoms with Gasteiger partial charge in [-0.05, 0) is 43.5 Å². The number of benzene rings is 1. The molecule has 0 saturated carbocycles. The Bertz CT molecular complexity index is 922. The van der Waals surface area contributed by atoms with Gasteiger partial charge in [-0.3, -0.25) is 9.69 Å². The number of hydrogen-bond donors (Lipinski definition) is 1. The van der Waals surface area contributed by atoms with Crippen LogP contribution in [0.15, 0.2) is 40.6 Å². The first-order valence-corrected chi connectivity index (χ1v) is 11.9. The fourth-order valence-electron chi connectivity index (χ4n) is 3.12. The van der Waals surface area contributed by atoms with Crippen molar-refractivity contribution in [1.29, 1.82) is 0 Å². The Morgan fingerprint density at radius 3 is 2.54 bits per heavy atom. The Morgan fingerprint density at radius 2 is 1.93 bits per heavy atom. The van der Waals surface area contributed by atoms with E-state index >= 15 is 0 Å². The molecule has 0 bridgehead atoms. The Hall–Kier alpha value is -1.45. The summed E-state index contributed by atoms with van der Waals surface area (Å²) in [7, 11) is -3.69. The molecule has 2 aromatic rings. The Morgan fingerprint density at radius 1 is 1.21 bits per heavy atom. The molecular formula is C19H24ClN3O3S2. The highest BCUT2D eigenvalue weighted by atomic mass is 35.5. The van der Waals surface area contributed by atoms with Crippen molar-refractivity contribution in [2.24, 2.45) is 0 Å². The summed E-state index contributed by atoms with van der Waals surface area (Å²) in [4.78, 5) is 18.4. The molecule has 1 aromatic carbocycles. The third-order valence-corrected chi connectivity index (χ3v) is 7.34. The van der Waals surface area contributed by atoms with Crippen molar-refractivity contribution in [3.05, 3.63) is 51.2 Å². The topological polar surface area (TPSA) is 69.7 Å². The number of sulfonamides is 1. The number of nitrogens with zero attached hydrogens (tertiary/aromatic N) is 2. The van der Waals surface area contributed by atoms with Gasteiger partial charge in [0.2, 0.25) is 10.0 Å². The van der Waals surface area contributed by atoms with Crippen molar-refractivity contribution in [3.63, 3.8) is 0 Å². The summed E-state index contributed by atoms with van der Waals surface area (Å²) in [5, 5.41) is 2.32. The molecule has 0 spiro atoms. The fourth-order valence-corrected chi connectivity index (χ4v) is 5.34. The normalized spacial score (nSPS) is 15.9. The third kappa shape index (κ3) is 5.12. The second kappa shape index (κ2) is 8.92. The molecule has 0 unspecified atom stereocenters. The van der Waals surface area contributed by atoms with Crippen molar-refractivity contribution in [2.75, 3.05) is 26.2 Å². The number of hydrogen-bond acceptors (Lipinski definition) is 5. The second-order valence-corrected chi connectivity index (χ2v) is 10.2. The van der Waals surface area contributed by atoms with Crippen LogP contribution in [0, 0.1) is 0 Å². The quantitative estimate of drug-likeness (QED) is 0.748. The average Bonchev–Trinajstić information content (AvgIpc) is 3.14. The van der Waals surface area contributed by atoms with E-state index in [1.165, 1.54) is 23.1 Å². The number of thiophene rings is 1. The molecule has 0 atom stereocenters. The number of rotatable bonds is 6. The lowest BCUT2D eigenvalue weighted by Crippen LogP contribution is -2.48. The lowest BCUT2D eigenvalue weighted by atomic mass is 10.1. The van der Waals surface area contributed by atoms with Gasteiger partial charge in [0.1, 0.15) is 0 Å². The molecule has 28 heavy (non-hydrogen) atoms. The summed E-state index contributed by atoms with van der Waals surface area (Å²) in [6, 6.07) is 8.17. The summed E-state index contributed by atoms with van der Waals surface area (Å²) < 4.78 is 27.4. The Kier molecular flexibility index (Phi) is 6.77. The van der Waals surface area contributed by atoms with E-state index < -0.39 is 10.0 Å². The van der Waals surface area contributed by atoms with Crippen molar-refractivity contribution >= 4 is 38.9 Å². The predicted molar refractivity (Wildman–Crippen MR) is 112 cm³/mol. The standard InChI is InChI=1S/C19H24ClN3O3S2/c1-14(2)21-28(25,26)16-5-6-18(20)17(12-16)19(24)23-9-7-22(8-10-23)13-15-4-3-11-27-15/h3-6,11-12,14,21H,7-10,13H2,1-2H3. The number of nitrogens with one attached hydrogen (secondary N) is 1. The van der Waals surface area contributed by atoms with Crippen LogP contribution in [-0.4, -0.2) is 56.3 Å². The molecule has 0 aliphatic carbocycles. The highest BCUT2D eigenvalue weighted by Crippen LogP contribution is 2.23. The first kappa shape index (κ1) is 21.3. The van der Waals surface area contributed by atoms with Gasteiger partial charge in [0.15, 0.2) is 0 Å². The van der Waals surface area contributed by atoms with Crippen LogP contribution in [0.5, 0.6) is 0 Å². The first-order valence-electron chi connectivity index (χ1n) is 9.12. The van der Waals surface area contributed by atoms with Gasteiger partial charge in [0.05, 0.1) is 15.5 Å². The van der Waals surface area contributed by atoms with E-state index in [9.17, 15) is 13.2 Å². The molecule has 0 radical (unpaired) electrons. The molecular weight excluding hydrogens is 418 g/mol. The molecule has 1 N–H and O–H groups in total. The molecule has 1 aliphatic rings. The van der Waals surface area contributed by atoms with Crippen LogP contribution in [0.4, 0.5) is 0 Å². The van der Waals surface area contributed by atoms with Gasteiger partial charge >= 0.3 is 0 Å². The highest BCUT2D eigenvalue weighted by Gasteiger charge is 2.26. The van der Waals surface area contributed by atoms with Crippen LogP contribution in [0.3, 0.4) is 0 Å². The number of carbonyl (C=O) groups is 1. The third-order valence-electron chi connectivity index (χ3n) is 4.49. The number of carbonyl (C=O) groups excluding carboxylic acids is 1. The molecule has 6 nitrogen and oxygen atoms in total. The minimum atomic E-state index is -3.69. The minimum absolute atomic E-state index is 0.0466. The van der Waals surface area contributed by atoms with Gasteiger partial charge < -0.3 is 4.90 Å². The van der Waals surface area contributed by atoms with Crippen LogP contribution in [-0.2, 0) is 16.6 Å². The average molecular weight is 442 g/mol. The molecule has 1 fully saturated rings. The van der Waals surface area contributed by atoms with Gasteiger partial charge in [-0.25, -0.2) is 13.1 Å². The maximum absolute atomic E-state index is 13.0. The Labute approximate surface area is 175 Å². The molecule has 1 saturated heterocycles. The van der Waals surface area contributed by atoms with Gasteiger partial charge in [0.25, 0.3) is 5.91 Å². The van der Waals surface area contributed by atoms with E-state index in [2.05, 4.69) is 21.1 Å². The predicted octanol–water partition coefficient (Wildman–Crippen LogP) is 3.05. The summed E-state index contributed by atoms with van der Waals surface area (Å²) >= 11 is 7.95. The zero-order valence-electron chi connectivity index (χ0n) is 15.9. The smallest absolute Gasteiger partial charge is 0.255 e. The van der Waals surface area contributed by atoms with E-state index in [1.807, 2.05) is 6.07 Å². The molecule has 9 heteroatoms. The summed E-state index contributed by atoms with van der Waals surface area (Å²) in [6.07, 6.45) is 0. The van der Waals surface area contributed by atoms with Gasteiger partial charge in [-0.15, -0.1) is 11.3 Å². The Balaban J connectivity index is 1.70. The van der Waals surface area contributed by atoms with Crippen molar-refractivity contribution in [3.8, 4) is 0 Å². The summed E-state index contributed by atoms with van der Waals surface area (Å²) in [5.74, 6) is -0.234. The van der Waals surface area contributed by atoms with Crippen LogP contribution in [0.1, 0.15) is 29.1 Å². The largest absolute Gasteiger partial charge is 0.336 e. The maximum atomic E-state index is 13.0. The molecule has 1 aliphatic heterocycles. The lowest BCUT2D eigenvalue weighted by Gasteiger charge is -2.34. The number of amides is 1. The summed E-state index contributed by atoms with van der Waals surface area (Å²) in [6.45, 7) is 7.09. The monoisotopic (exact) mass is 441 g/mol. The second-order valence-electron chi connectivity index (χ2n) is 7.07. The molecule has 1 amide bonds. The number of halogens is 1. The van der Waals surface area contributed by atoms with Crippen LogP contribution in [0.25, 0.3) is 0 Å². The van der Waals surface area contributed by atoms with E-state index in [0.717, 1.165) is 19.6 Å². The van der Waals surface area contributed by atoms with Gasteiger partial charge in [-0.1, -0.05) is 17.7 Å². The maximum Gasteiger partial charge on any atom is 0.255 e. The van der Waals surface area contributed by atoms with Crippen molar-refractivity contribution in [1.82, 2.24) is 14.5 Å². The van der Waals surface area contributed by atoms with Crippen LogP contribution in [0.2, 0.25) is 5.02 Å². The fraction of sp³-hybridized carbons (Fsp3) is 0.421. The SMILES string of the molecule is CC(C)NS(=O)(=O)c1ccc(Cl)c(C(=O)N2CCN(Cc3cccs3)CC2)c1. The zero-order valence-corrected chi connectivity index (χ0v) is 18.3. The van der Waals surface area contributed by atoms with Gasteiger partial charge in [-0.2, -0.15) is 0 Å². The van der Waals surface area contributed by atoms with E-state index in [4.69, 9.17) is 11.6 Å². The zero-order chi connectivity index (χ0) is 20.3. The number of piperazine rings is 1.